The van der Waals surface area contributed by atoms with E-state index in [1.54, 1.807) is 16.6 Å². The van der Waals surface area contributed by atoms with E-state index >= 15 is 0 Å². The average molecular weight is 410 g/mol. The molecule has 0 aliphatic carbocycles. The Morgan fingerprint density at radius 1 is 1.21 bits per heavy atom. The number of anilines is 1. The van der Waals surface area contributed by atoms with Gasteiger partial charge in [-0.1, -0.05) is 6.07 Å². The summed E-state index contributed by atoms with van der Waals surface area (Å²) in [7, 11) is 0. The summed E-state index contributed by atoms with van der Waals surface area (Å²) in [5.41, 5.74) is 4.79. The van der Waals surface area contributed by atoms with Crippen LogP contribution in [0.2, 0.25) is 0 Å². The molecule has 4 aromatic rings. The van der Waals surface area contributed by atoms with Crippen LogP contribution in [0.3, 0.4) is 0 Å². The molecule has 0 bridgehead atoms. The van der Waals surface area contributed by atoms with E-state index < -0.39 is 0 Å². The molecule has 2 aromatic carbocycles. The first-order valence-electron chi connectivity index (χ1n) is 9.01. The molecular weight excluding hydrogens is 391 g/mol. The highest BCUT2D eigenvalue weighted by molar-refractivity contribution is 7.15. The van der Waals surface area contributed by atoms with Gasteiger partial charge >= 0.3 is 0 Å². The Balaban J connectivity index is 1.47. The first kappa shape index (κ1) is 19.1. The van der Waals surface area contributed by atoms with E-state index in [-0.39, 0.29) is 24.3 Å². The van der Waals surface area contributed by atoms with Gasteiger partial charge in [0.25, 0.3) is 11.9 Å². The number of halogens is 1. The molecule has 148 valence electrons. The second-order valence-electron chi connectivity index (χ2n) is 6.80. The van der Waals surface area contributed by atoms with Crippen LogP contribution in [0.5, 0.6) is 5.75 Å². The van der Waals surface area contributed by atoms with Crippen molar-refractivity contribution < 1.29 is 13.9 Å². The average Bonchev–Trinajstić information content (AvgIpc) is 3.24. The summed E-state index contributed by atoms with van der Waals surface area (Å²) in [5.74, 6) is 0.247. The lowest BCUT2D eigenvalue weighted by atomic mass is 10.1. The minimum Gasteiger partial charge on any atom is -0.483 e. The highest BCUT2D eigenvalue weighted by atomic mass is 32.1. The van der Waals surface area contributed by atoms with Crippen LogP contribution in [0.1, 0.15) is 16.7 Å². The van der Waals surface area contributed by atoms with Crippen molar-refractivity contribution in [2.45, 2.75) is 20.8 Å². The van der Waals surface area contributed by atoms with Crippen LogP contribution in [0.25, 0.3) is 16.2 Å². The molecular formula is C21H19FN4O2S. The summed E-state index contributed by atoms with van der Waals surface area (Å²) >= 11 is 1.39. The van der Waals surface area contributed by atoms with E-state index in [1.165, 1.54) is 23.5 Å². The number of benzene rings is 2. The second-order valence-corrected chi connectivity index (χ2v) is 7.64. The Labute approximate surface area is 171 Å². The zero-order valence-electron chi connectivity index (χ0n) is 16.2. The van der Waals surface area contributed by atoms with Crippen molar-refractivity contribution in [2.75, 3.05) is 11.9 Å². The van der Waals surface area contributed by atoms with Crippen LogP contribution in [0, 0.1) is 26.6 Å². The predicted molar refractivity (Wildman–Crippen MR) is 111 cm³/mol. The van der Waals surface area contributed by atoms with Crippen molar-refractivity contribution in [3.05, 3.63) is 64.3 Å². The predicted octanol–water partition coefficient (Wildman–Crippen LogP) is 4.54. The van der Waals surface area contributed by atoms with Gasteiger partial charge in [-0.2, -0.15) is 4.98 Å². The van der Waals surface area contributed by atoms with Crippen LogP contribution in [-0.2, 0) is 4.79 Å². The lowest BCUT2D eigenvalue weighted by Crippen LogP contribution is -2.21. The molecule has 0 unspecified atom stereocenters. The molecule has 0 aliphatic rings. The molecule has 0 spiro atoms. The first-order chi connectivity index (χ1) is 13.9. The summed E-state index contributed by atoms with van der Waals surface area (Å²) < 4.78 is 20.5. The number of ether oxygens (including phenoxy) is 1. The van der Waals surface area contributed by atoms with Crippen LogP contribution in [0.15, 0.2) is 41.8 Å². The Bertz CT molecular complexity index is 1200. The quantitative estimate of drug-likeness (QED) is 0.525. The summed E-state index contributed by atoms with van der Waals surface area (Å²) in [6.07, 6.45) is 0. The summed E-state index contributed by atoms with van der Waals surface area (Å²) in [5, 5.41) is 8.90. The number of nitrogens with zero attached hydrogens (tertiary/aromatic N) is 3. The molecule has 29 heavy (non-hydrogen) atoms. The van der Waals surface area contributed by atoms with E-state index in [2.05, 4.69) is 21.5 Å². The van der Waals surface area contributed by atoms with Gasteiger partial charge in [0.15, 0.2) is 6.61 Å². The Kier molecular flexibility index (Phi) is 5.02. The number of nitrogens with one attached hydrogen (secondary N) is 1. The molecule has 0 saturated carbocycles. The zero-order valence-corrected chi connectivity index (χ0v) is 17.0. The van der Waals surface area contributed by atoms with Gasteiger partial charge in [-0.15, -0.1) is 16.4 Å². The molecule has 4 rings (SSSR count). The number of fused-ring (bicyclic) bond motifs is 1. The Morgan fingerprint density at radius 2 is 1.97 bits per heavy atom. The number of carbonyl (C=O) groups excluding carboxylic acids is 1. The standard InChI is InChI=1S/C21H19FN4O2S/c1-12-8-13(2)14(3)18(9-12)28-10-19(27)23-20-24-21-26(25-20)17(11-29-21)15-4-6-16(22)7-5-15/h4-9,11H,10H2,1-3H3,(H,23,25,27). The molecule has 6 nitrogen and oxygen atoms in total. The van der Waals surface area contributed by atoms with Gasteiger partial charge in [0, 0.05) is 10.9 Å². The van der Waals surface area contributed by atoms with Gasteiger partial charge in [-0.25, -0.2) is 8.91 Å². The summed E-state index contributed by atoms with van der Waals surface area (Å²) in [6, 6.07) is 10.1. The molecule has 0 atom stereocenters. The molecule has 2 aromatic heterocycles. The van der Waals surface area contributed by atoms with Gasteiger partial charge in [-0.3, -0.25) is 10.1 Å². The minimum atomic E-state index is -0.342. The summed E-state index contributed by atoms with van der Waals surface area (Å²) in [4.78, 5) is 17.3. The van der Waals surface area contributed by atoms with Gasteiger partial charge in [0.1, 0.15) is 11.6 Å². The molecule has 0 radical (unpaired) electrons. The van der Waals surface area contributed by atoms with E-state index in [4.69, 9.17) is 4.74 Å². The minimum absolute atomic E-state index is 0.137. The maximum atomic E-state index is 13.2. The van der Waals surface area contributed by atoms with Crippen LogP contribution >= 0.6 is 11.3 Å². The van der Waals surface area contributed by atoms with E-state index in [1.807, 2.05) is 32.2 Å². The molecule has 0 fully saturated rings. The monoisotopic (exact) mass is 410 g/mol. The topological polar surface area (TPSA) is 68.5 Å². The number of thiazole rings is 1. The van der Waals surface area contributed by atoms with Crippen molar-refractivity contribution in [2.24, 2.45) is 0 Å². The maximum Gasteiger partial charge on any atom is 0.264 e. The third-order valence-corrected chi connectivity index (χ3v) is 5.41. The lowest BCUT2D eigenvalue weighted by Gasteiger charge is -2.11. The molecule has 0 aliphatic heterocycles. The number of aromatic nitrogens is 3. The van der Waals surface area contributed by atoms with Gasteiger partial charge in [0.05, 0.1) is 5.69 Å². The normalized spacial score (nSPS) is 11.0. The van der Waals surface area contributed by atoms with E-state index in [0.29, 0.717) is 10.7 Å². The number of carbonyl (C=O) groups is 1. The highest BCUT2D eigenvalue weighted by Gasteiger charge is 2.14. The van der Waals surface area contributed by atoms with E-state index in [0.717, 1.165) is 27.9 Å². The Morgan fingerprint density at radius 3 is 2.72 bits per heavy atom. The number of hydrogen-bond acceptors (Lipinski definition) is 5. The van der Waals surface area contributed by atoms with Gasteiger partial charge in [0.2, 0.25) is 4.96 Å². The van der Waals surface area contributed by atoms with Crippen molar-refractivity contribution in [1.82, 2.24) is 14.6 Å². The smallest absolute Gasteiger partial charge is 0.264 e. The van der Waals surface area contributed by atoms with Crippen LogP contribution in [0.4, 0.5) is 10.3 Å². The number of hydrogen-bond donors (Lipinski definition) is 1. The van der Waals surface area contributed by atoms with Gasteiger partial charge in [-0.05, 0) is 67.8 Å². The number of aryl methyl sites for hydroxylation is 2. The van der Waals surface area contributed by atoms with Crippen molar-refractivity contribution in [1.29, 1.82) is 0 Å². The van der Waals surface area contributed by atoms with Crippen molar-refractivity contribution in [3.63, 3.8) is 0 Å². The third kappa shape index (κ3) is 3.97. The van der Waals surface area contributed by atoms with Crippen molar-refractivity contribution in [3.8, 4) is 17.0 Å². The SMILES string of the molecule is Cc1cc(C)c(C)c(OCC(=O)Nc2nc3scc(-c4ccc(F)cc4)n3n2)c1. The fourth-order valence-corrected chi connectivity index (χ4v) is 3.84. The summed E-state index contributed by atoms with van der Waals surface area (Å²) in [6.45, 7) is 5.82. The number of rotatable bonds is 5. The fraction of sp³-hybridized carbons (Fsp3) is 0.190. The van der Waals surface area contributed by atoms with E-state index in [9.17, 15) is 9.18 Å². The Hall–Kier alpha value is -3.26. The maximum absolute atomic E-state index is 13.2. The lowest BCUT2D eigenvalue weighted by molar-refractivity contribution is -0.118. The molecule has 8 heteroatoms. The molecule has 1 N–H and O–H groups in total. The molecule has 2 heterocycles. The molecule has 1 amide bonds. The first-order valence-corrected chi connectivity index (χ1v) is 9.89. The highest BCUT2D eigenvalue weighted by Crippen LogP contribution is 2.26. The van der Waals surface area contributed by atoms with Crippen LogP contribution in [-0.4, -0.2) is 27.1 Å². The van der Waals surface area contributed by atoms with Crippen LogP contribution < -0.4 is 10.1 Å². The third-order valence-electron chi connectivity index (χ3n) is 4.60. The van der Waals surface area contributed by atoms with Crippen molar-refractivity contribution >= 4 is 28.2 Å². The molecule has 0 saturated heterocycles. The number of amides is 1. The fourth-order valence-electron chi connectivity index (χ4n) is 3.01. The zero-order chi connectivity index (χ0) is 20.5. The largest absolute Gasteiger partial charge is 0.483 e. The van der Waals surface area contributed by atoms with Gasteiger partial charge < -0.3 is 4.74 Å². The second kappa shape index (κ2) is 7.63.